The van der Waals surface area contributed by atoms with Crippen LogP contribution >= 0.6 is 0 Å². The van der Waals surface area contributed by atoms with E-state index in [0.29, 0.717) is 11.3 Å². The molecule has 1 nitrogen and oxygen atoms in total. The third kappa shape index (κ3) is 2.21. The summed E-state index contributed by atoms with van der Waals surface area (Å²) in [5, 5.41) is 0. The van der Waals surface area contributed by atoms with Crippen LogP contribution < -0.4 is 4.74 Å². The minimum Gasteiger partial charge on any atom is -0.497 e. The van der Waals surface area contributed by atoms with Gasteiger partial charge in [0.2, 0.25) is 0 Å². The third-order valence-electron chi connectivity index (χ3n) is 2.96. The van der Waals surface area contributed by atoms with Crippen LogP contribution in [-0.2, 0) is 5.67 Å². The van der Waals surface area contributed by atoms with Crippen LogP contribution in [0.5, 0.6) is 5.75 Å². The van der Waals surface area contributed by atoms with Crippen molar-refractivity contribution < 1.29 is 13.5 Å². The second-order valence-electron chi connectivity index (χ2n) is 4.03. The Morgan fingerprint density at radius 1 is 0.944 bits per heavy atom. The van der Waals surface area contributed by atoms with Crippen molar-refractivity contribution in [1.29, 1.82) is 0 Å². The van der Waals surface area contributed by atoms with Crippen molar-refractivity contribution >= 4 is 0 Å². The molecule has 0 aliphatic carbocycles. The highest BCUT2D eigenvalue weighted by Crippen LogP contribution is 2.35. The molecular weight excluding hydrogens is 234 g/mol. The predicted molar refractivity (Wildman–Crippen MR) is 67.3 cm³/mol. The molecule has 0 fully saturated rings. The summed E-state index contributed by atoms with van der Waals surface area (Å²) >= 11 is 0. The zero-order chi connectivity index (χ0) is 13.0. The molecule has 0 aliphatic heterocycles. The summed E-state index contributed by atoms with van der Waals surface area (Å²) in [6, 6.07) is 14.7. The van der Waals surface area contributed by atoms with E-state index in [0.717, 1.165) is 0 Å². The van der Waals surface area contributed by atoms with Crippen molar-refractivity contribution in [3.63, 3.8) is 0 Å². The van der Waals surface area contributed by atoms with E-state index >= 15 is 0 Å². The molecule has 18 heavy (non-hydrogen) atoms. The molecule has 0 radical (unpaired) electrons. The standard InChI is InChI=1S/C15H14F2O/c1-18-14-9-7-13(8-10-14)15(17,11-16)12-5-3-2-4-6-12/h2-10H,11H2,1H3. The van der Waals surface area contributed by atoms with Crippen molar-refractivity contribution in [3.8, 4) is 5.75 Å². The monoisotopic (exact) mass is 248 g/mol. The van der Waals surface area contributed by atoms with Crippen molar-refractivity contribution in [1.82, 2.24) is 0 Å². The molecule has 3 heteroatoms. The SMILES string of the molecule is COc1ccc(C(F)(CF)c2ccccc2)cc1. The summed E-state index contributed by atoms with van der Waals surface area (Å²) in [5.74, 6) is 0.619. The highest BCUT2D eigenvalue weighted by molar-refractivity contribution is 5.39. The summed E-state index contributed by atoms with van der Waals surface area (Å²) in [6.45, 7) is -1.09. The van der Waals surface area contributed by atoms with Crippen LogP contribution in [0.1, 0.15) is 11.1 Å². The second kappa shape index (κ2) is 5.17. The topological polar surface area (TPSA) is 9.23 Å². The molecule has 2 rings (SSSR count). The van der Waals surface area contributed by atoms with E-state index in [1.54, 1.807) is 54.6 Å². The van der Waals surface area contributed by atoms with Gasteiger partial charge in [-0.15, -0.1) is 0 Å². The molecule has 94 valence electrons. The van der Waals surface area contributed by atoms with Gasteiger partial charge in [-0.25, -0.2) is 8.78 Å². The first kappa shape index (κ1) is 12.6. The minimum absolute atomic E-state index is 0.289. The zero-order valence-corrected chi connectivity index (χ0v) is 10.1. The van der Waals surface area contributed by atoms with Crippen molar-refractivity contribution in [2.75, 3.05) is 13.8 Å². The number of rotatable bonds is 4. The second-order valence-corrected chi connectivity index (χ2v) is 4.03. The number of alkyl halides is 2. The average Bonchev–Trinajstić information content (AvgIpc) is 2.47. The van der Waals surface area contributed by atoms with Gasteiger partial charge < -0.3 is 4.74 Å². The number of hydrogen-bond acceptors (Lipinski definition) is 1. The summed E-state index contributed by atoms with van der Waals surface area (Å²) in [4.78, 5) is 0. The summed E-state index contributed by atoms with van der Waals surface area (Å²) < 4.78 is 33.0. The fraction of sp³-hybridized carbons (Fsp3) is 0.200. The number of benzene rings is 2. The number of hydrogen-bond donors (Lipinski definition) is 0. The summed E-state index contributed by atoms with van der Waals surface area (Å²) in [7, 11) is 1.53. The Balaban J connectivity index is 2.43. The van der Waals surface area contributed by atoms with E-state index in [1.165, 1.54) is 7.11 Å². The first-order valence-electron chi connectivity index (χ1n) is 5.65. The Kier molecular flexibility index (Phi) is 3.60. The lowest BCUT2D eigenvalue weighted by molar-refractivity contribution is 0.167. The normalized spacial score (nSPS) is 13.9. The van der Waals surface area contributed by atoms with Gasteiger partial charge in [-0.3, -0.25) is 0 Å². The van der Waals surface area contributed by atoms with Gasteiger partial charge in [0.05, 0.1) is 7.11 Å². The molecule has 2 aromatic rings. The van der Waals surface area contributed by atoms with Crippen LogP contribution in [-0.4, -0.2) is 13.8 Å². The molecule has 1 unspecified atom stereocenters. The molecule has 0 saturated carbocycles. The van der Waals surface area contributed by atoms with Crippen LogP contribution in [0.25, 0.3) is 0 Å². The fourth-order valence-corrected chi connectivity index (χ4v) is 1.88. The van der Waals surface area contributed by atoms with E-state index in [2.05, 4.69) is 0 Å². The first-order valence-corrected chi connectivity index (χ1v) is 5.65. The maximum atomic E-state index is 14.8. The van der Waals surface area contributed by atoms with Crippen LogP contribution in [0.4, 0.5) is 8.78 Å². The fourth-order valence-electron chi connectivity index (χ4n) is 1.88. The van der Waals surface area contributed by atoms with E-state index in [-0.39, 0.29) is 5.56 Å². The van der Waals surface area contributed by atoms with Gasteiger partial charge >= 0.3 is 0 Å². The molecule has 1 atom stereocenters. The lowest BCUT2D eigenvalue weighted by Crippen LogP contribution is -2.24. The number of methoxy groups -OCH3 is 1. The first-order chi connectivity index (χ1) is 8.70. The molecule has 0 heterocycles. The Morgan fingerprint density at radius 2 is 1.50 bits per heavy atom. The van der Waals surface area contributed by atoms with E-state index < -0.39 is 12.3 Å². The Bertz CT molecular complexity index is 496. The molecule has 0 spiro atoms. The van der Waals surface area contributed by atoms with Gasteiger partial charge in [0.1, 0.15) is 12.4 Å². The quantitative estimate of drug-likeness (QED) is 0.798. The van der Waals surface area contributed by atoms with Crippen molar-refractivity contribution in [3.05, 3.63) is 65.7 Å². The molecule has 0 saturated heterocycles. The lowest BCUT2D eigenvalue weighted by atomic mass is 9.89. The van der Waals surface area contributed by atoms with Gasteiger partial charge in [0, 0.05) is 0 Å². The van der Waals surface area contributed by atoms with Crippen molar-refractivity contribution in [2.24, 2.45) is 0 Å². The Morgan fingerprint density at radius 3 is 2.00 bits per heavy atom. The van der Waals surface area contributed by atoms with E-state index in [1.807, 2.05) is 0 Å². The molecule has 0 amide bonds. The van der Waals surface area contributed by atoms with Gasteiger partial charge in [0.15, 0.2) is 5.67 Å². The molecule has 0 bridgehead atoms. The largest absolute Gasteiger partial charge is 0.497 e. The molecule has 0 N–H and O–H groups in total. The predicted octanol–water partition coefficient (Wildman–Crippen LogP) is 3.88. The molecule has 0 aliphatic rings. The number of ether oxygens (including phenoxy) is 1. The minimum atomic E-state index is -2.10. The highest BCUT2D eigenvalue weighted by Gasteiger charge is 2.34. The molecule has 0 aromatic heterocycles. The maximum Gasteiger partial charge on any atom is 0.189 e. The number of halogens is 2. The van der Waals surface area contributed by atoms with Gasteiger partial charge in [-0.05, 0) is 23.3 Å². The lowest BCUT2D eigenvalue weighted by Gasteiger charge is -2.23. The van der Waals surface area contributed by atoms with Gasteiger partial charge in [0.25, 0.3) is 0 Å². The van der Waals surface area contributed by atoms with Gasteiger partial charge in [-0.1, -0.05) is 42.5 Å². The van der Waals surface area contributed by atoms with Crippen LogP contribution in [0.3, 0.4) is 0 Å². The summed E-state index contributed by atoms with van der Waals surface area (Å²) in [6.07, 6.45) is 0. The molecular formula is C15H14F2O. The van der Waals surface area contributed by atoms with Gasteiger partial charge in [-0.2, -0.15) is 0 Å². The van der Waals surface area contributed by atoms with Crippen LogP contribution in [0.15, 0.2) is 54.6 Å². The van der Waals surface area contributed by atoms with Crippen LogP contribution in [0, 0.1) is 0 Å². The zero-order valence-electron chi connectivity index (χ0n) is 10.1. The van der Waals surface area contributed by atoms with Crippen LogP contribution in [0.2, 0.25) is 0 Å². The Labute approximate surface area is 105 Å². The van der Waals surface area contributed by atoms with Crippen molar-refractivity contribution in [2.45, 2.75) is 5.67 Å². The maximum absolute atomic E-state index is 14.8. The summed E-state index contributed by atoms with van der Waals surface area (Å²) in [5.41, 5.74) is -1.50. The average molecular weight is 248 g/mol. The van der Waals surface area contributed by atoms with E-state index in [4.69, 9.17) is 4.74 Å². The van der Waals surface area contributed by atoms with E-state index in [9.17, 15) is 8.78 Å². The highest BCUT2D eigenvalue weighted by atomic mass is 19.2. The molecule has 2 aromatic carbocycles. The smallest absolute Gasteiger partial charge is 0.189 e. The third-order valence-corrected chi connectivity index (χ3v) is 2.96. The Hall–Kier alpha value is -1.90.